The summed E-state index contributed by atoms with van der Waals surface area (Å²) in [4.78, 5) is 12.6. The van der Waals surface area contributed by atoms with Crippen molar-refractivity contribution in [3.63, 3.8) is 0 Å². The molecule has 0 fully saturated rings. The smallest absolute Gasteiger partial charge is 0.281 e. The van der Waals surface area contributed by atoms with Gasteiger partial charge in [-0.15, -0.1) is 0 Å². The molecule has 0 heterocycles. The second kappa shape index (κ2) is 5.89. The zero-order valence-electron chi connectivity index (χ0n) is 9.95. The van der Waals surface area contributed by atoms with Gasteiger partial charge in [0.15, 0.2) is 0 Å². The molecular formula is C14H8ClF3OS. The Labute approximate surface area is 122 Å². The molecule has 0 saturated heterocycles. The molecule has 0 bridgehead atoms. The third kappa shape index (κ3) is 3.77. The second-order valence-electron chi connectivity index (χ2n) is 3.92. The van der Waals surface area contributed by atoms with Crippen LogP contribution in [-0.4, -0.2) is 5.12 Å². The molecule has 6 heteroatoms. The van der Waals surface area contributed by atoms with Gasteiger partial charge in [0.25, 0.3) is 0 Å². The highest BCUT2D eigenvalue weighted by atomic mass is 35.5. The lowest BCUT2D eigenvalue weighted by atomic mass is 10.1. The second-order valence-corrected chi connectivity index (χ2v) is 5.40. The third-order valence-corrected chi connectivity index (χ3v) is 3.65. The Bertz CT molecular complexity index is 606. The summed E-state index contributed by atoms with van der Waals surface area (Å²) in [6.07, 6.45) is -4.40. The molecule has 0 N–H and O–H groups in total. The Morgan fingerprint density at radius 1 is 0.950 bits per heavy atom. The summed E-state index contributed by atoms with van der Waals surface area (Å²) in [7, 11) is 0. The normalized spacial score (nSPS) is 11.4. The molecule has 0 radical (unpaired) electrons. The van der Waals surface area contributed by atoms with Gasteiger partial charge in [0, 0.05) is 15.5 Å². The van der Waals surface area contributed by atoms with E-state index >= 15 is 0 Å². The summed E-state index contributed by atoms with van der Waals surface area (Å²) in [6, 6.07) is 10.8. The van der Waals surface area contributed by atoms with E-state index in [4.69, 9.17) is 11.6 Å². The van der Waals surface area contributed by atoms with E-state index in [0.29, 0.717) is 9.92 Å². The predicted molar refractivity (Wildman–Crippen MR) is 73.1 cm³/mol. The Balaban J connectivity index is 2.11. The fourth-order valence-corrected chi connectivity index (χ4v) is 2.33. The fourth-order valence-electron chi connectivity index (χ4n) is 1.46. The van der Waals surface area contributed by atoms with Crippen molar-refractivity contribution in [1.29, 1.82) is 0 Å². The highest BCUT2D eigenvalue weighted by Crippen LogP contribution is 2.30. The summed E-state index contributed by atoms with van der Waals surface area (Å²) in [5.74, 6) is 0. The maximum Gasteiger partial charge on any atom is 0.416 e. The molecule has 1 nitrogen and oxygen atoms in total. The van der Waals surface area contributed by atoms with Gasteiger partial charge < -0.3 is 0 Å². The highest BCUT2D eigenvalue weighted by Gasteiger charge is 2.30. The van der Waals surface area contributed by atoms with Gasteiger partial charge >= 0.3 is 6.18 Å². The fraction of sp³-hybridized carbons (Fsp3) is 0.0714. The number of thioether (sulfide) groups is 1. The number of benzene rings is 2. The van der Waals surface area contributed by atoms with Gasteiger partial charge in [-0.05, 0) is 60.3 Å². The largest absolute Gasteiger partial charge is 0.416 e. The van der Waals surface area contributed by atoms with Crippen molar-refractivity contribution in [1.82, 2.24) is 0 Å². The molecule has 0 amide bonds. The van der Waals surface area contributed by atoms with Gasteiger partial charge in [0.2, 0.25) is 5.12 Å². The number of hydrogen-bond donors (Lipinski definition) is 0. The minimum absolute atomic E-state index is 0.220. The Hall–Kier alpha value is -1.46. The van der Waals surface area contributed by atoms with Crippen LogP contribution in [0.25, 0.3) is 0 Å². The van der Waals surface area contributed by atoms with Crippen molar-refractivity contribution in [2.45, 2.75) is 11.1 Å². The number of hydrogen-bond acceptors (Lipinski definition) is 2. The molecule has 0 saturated carbocycles. The third-order valence-electron chi connectivity index (χ3n) is 2.47. The van der Waals surface area contributed by atoms with Crippen LogP contribution in [0.1, 0.15) is 15.9 Å². The molecule has 0 atom stereocenters. The van der Waals surface area contributed by atoms with Crippen LogP contribution in [0.5, 0.6) is 0 Å². The van der Waals surface area contributed by atoms with E-state index in [1.54, 1.807) is 24.3 Å². The van der Waals surface area contributed by atoms with E-state index in [0.717, 1.165) is 23.9 Å². The first-order valence-corrected chi connectivity index (χ1v) is 6.71. The van der Waals surface area contributed by atoms with E-state index in [9.17, 15) is 18.0 Å². The van der Waals surface area contributed by atoms with Crippen molar-refractivity contribution >= 4 is 28.5 Å². The van der Waals surface area contributed by atoms with Crippen LogP contribution in [0.15, 0.2) is 53.4 Å². The predicted octanol–water partition coefficient (Wildman–Crippen LogP) is 5.29. The van der Waals surface area contributed by atoms with Gasteiger partial charge in [0.1, 0.15) is 0 Å². The number of rotatable bonds is 2. The van der Waals surface area contributed by atoms with Crippen molar-refractivity contribution < 1.29 is 18.0 Å². The Kier molecular flexibility index (Phi) is 4.40. The molecule has 0 aliphatic heterocycles. The summed E-state index contributed by atoms with van der Waals surface area (Å²) < 4.78 is 37.2. The number of carbonyl (C=O) groups excluding carboxylic acids is 1. The maximum absolute atomic E-state index is 12.4. The van der Waals surface area contributed by atoms with E-state index in [-0.39, 0.29) is 10.7 Å². The quantitative estimate of drug-likeness (QED) is 0.700. The molecule has 0 unspecified atom stereocenters. The Morgan fingerprint density at radius 3 is 2.00 bits per heavy atom. The molecule has 0 aromatic heterocycles. The molecule has 20 heavy (non-hydrogen) atoms. The van der Waals surface area contributed by atoms with Crippen molar-refractivity contribution in [3.8, 4) is 0 Å². The van der Waals surface area contributed by atoms with E-state index in [1.165, 1.54) is 12.1 Å². The van der Waals surface area contributed by atoms with E-state index in [1.807, 2.05) is 0 Å². The van der Waals surface area contributed by atoms with E-state index in [2.05, 4.69) is 0 Å². The number of carbonyl (C=O) groups is 1. The van der Waals surface area contributed by atoms with Crippen molar-refractivity contribution in [2.24, 2.45) is 0 Å². The lowest BCUT2D eigenvalue weighted by Crippen LogP contribution is -2.05. The average Bonchev–Trinajstić information content (AvgIpc) is 2.40. The van der Waals surface area contributed by atoms with Crippen LogP contribution >= 0.6 is 23.4 Å². The van der Waals surface area contributed by atoms with Gasteiger partial charge in [-0.25, -0.2) is 0 Å². The molecule has 2 rings (SSSR count). The first-order chi connectivity index (χ1) is 9.36. The van der Waals surface area contributed by atoms with Gasteiger partial charge in [-0.1, -0.05) is 11.6 Å². The SMILES string of the molecule is O=C(Sc1ccc(Cl)cc1)c1ccc(C(F)(F)F)cc1. The molecule has 0 spiro atoms. The van der Waals surface area contributed by atoms with Crippen LogP contribution < -0.4 is 0 Å². The number of alkyl halides is 3. The summed E-state index contributed by atoms with van der Waals surface area (Å²) in [5.41, 5.74) is -0.552. The maximum atomic E-state index is 12.4. The first kappa shape index (κ1) is 14.9. The number of halogens is 4. The lowest BCUT2D eigenvalue weighted by molar-refractivity contribution is -0.137. The zero-order valence-corrected chi connectivity index (χ0v) is 11.5. The van der Waals surface area contributed by atoms with Gasteiger partial charge in [-0.3, -0.25) is 4.79 Å². The monoisotopic (exact) mass is 316 g/mol. The molecule has 0 aliphatic carbocycles. The Morgan fingerprint density at radius 2 is 1.50 bits per heavy atom. The molecule has 0 aliphatic rings. The first-order valence-electron chi connectivity index (χ1n) is 5.51. The van der Waals surface area contributed by atoms with Crippen LogP contribution in [0.4, 0.5) is 13.2 Å². The molecular weight excluding hydrogens is 309 g/mol. The van der Waals surface area contributed by atoms with Crippen molar-refractivity contribution in [3.05, 3.63) is 64.7 Å². The van der Waals surface area contributed by atoms with Crippen LogP contribution in [0, 0.1) is 0 Å². The molecule has 2 aromatic carbocycles. The summed E-state index contributed by atoms with van der Waals surface area (Å²) in [5, 5.41) is 0.234. The minimum Gasteiger partial charge on any atom is -0.281 e. The zero-order chi connectivity index (χ0) is 14.8. The van der Waals surface area contributed by atoms with Crippen LogP contribution in [0.3, 0.4) is 0 Å². The van der Waals surface area contributed by atoms with Crippen LogP contribution in [-0.2, 0) is 6.18 Å². The summed E-state index contributed by atoms with van der Waals surface area (Å²) in [6.45, 7) is 0. The highest BCUT2D eigenvalue weighted by molar-refractivity contribution is 8.14. The molecule has 104 valence electrons. The lowest BCUT2D eigenvalue weighted by Gasteiger charge is -2.07. The van der Waals surface area contributed by atoms with Crippen molar-refractivity contribution in [2.75, 3.05) is 0 Å². The van der Waals surface area contributed by atoms with Gasteiger partial charge in [0.05, 0.1) is 5.56 Å². The topological polar surface area (TPSA) is 17.1 Å². The summed E-state index contributed by atoms with van der Waals surface area (Å²) >= 11 is 6.66. The average molecular weight is 317 g/mol. The minimum atomic E-state index is -4.40. The van der Waals surface area contributed by atoms with E-state index < -0.39 is 11.7 Å². The standard InChI is InChI=1S/C14H8ClF3OS/c15-11-5-7-12(8-6-11)20-13(19)9-1-3-10(4-2-9)14(16,17)18/h1-8H. The van der Waals surface area contributed by atoms with Gasteiger partial charge in [-0.2, -0.15) is 13.2 Å². The van der Waals surface area contributed by atoms with Crippen LogP contribution in [0.2, 0.25) is 5.02 Å². The molecule has 2 aromatic rings.